The highest BCUT2D eigenvalue weighted by atomic mass is 35.5. The third-order valence-corrected chi connectivity index (χ3v) is 3.50. The van der Waals surface area contributed by atoms with Gasteiger partial charge in [-0.3, -0.25) is 0 Å². The summed E-state index contributed by atoms with van der Waals surface area (Å²) in [4.78, 5) is 4.16. The quantitative estimate of drug-likeness (QED) is 0.666. The van der Waals surface area contributed by atoms with Gasteiger partial charge in [0.15, 0.2) is 6.39 Å². The van der Waals surface area contributed by atoms with Crippen molar-refractivity contribution in [1.29, 1.82) is 0 Å². The maximum Gasteiger partial charge on any atom is 0.180 e. The second-order valence-electron chi connectivity index (χ2n) is 4.62. The van der Waals surface area contributed by atoms with E-state index in [1.54, 1.807) is 6.26 Å². The number of aryl methyl sites for hydroxylation is 1. The summed E-state index contributed by atoms with van der Waals surface area (Å²) < 4.78 is 10.6. The Balaban J connectivity index is 2.07. The van der Waals surface area contributed by atoms with E-state index >= 15 is 0 Å². The van der Waals surface area contributed by atoms with Gasteiger partial charge in [-0.25, -0.2) is 4.98 Å². The SMILES string of the molecule is Cc1cccc2cc(C(OCCl)c3cocn3)ccc12. The lowest BCUT2D eigenvalue weighted by molar-refractivity contribution is 0.116. The van der Waals surface area contributed by atoms with Gasteiger partial charge in [0.2, 0.25) is 0 Å². The van der Waals surface area contributed by atoms with E-state index in [9.17, 15) is 0 Å². The number of fused-ring (bicyclic) bond motifs is 1. The van der Waals surface area contributed by atoms with Crippen LogP contribution in [0, 0.1) is 6.92 Å². The molecule has 0 aliphatic heterocycles. The molecule has 1 atom stereocenters. The van der Waals surface area contributed by atoms with Crippen LogP contribution < -0.4 is 0 Å². The van der Waals surface area contributed by atoms with Gasteiger partial charge in [0.1, 0.15) is 24.1 Å². The molecule has 0 amide bonds. The van der Waals surface area contributed by atoms with Crippen LogP contribution in [0.1, 0.15) is 22.9 Å². The van der Waals surface area contributed by atoms with Gasteiger partial charge in [-0.2, -0.15) is 0 Å². The van der Waals surface area contributed by atoms with E-state index < -0.39 is 0 Å². The average molecular weight is 288 g/mol. The molecule has 0 fully saturated rings. The number of aromatic nitrogens is 1. The number of halogens is 1. The number of hydrogen-bond donors (Lipinski definition) is 0. The number of benzene rings is 2. The van der Waals surface area contributed by atoms with Crippen LogP contribution in [-0.2, 0) is 4.74 Å². The second-order valence-corrected chi connectivity index (χ2v) is 4.84. The van der Waals surface area contributed by atoms with Gasteiger partial charge in [0.25, 0.3) is 0 Å². The summed E-state index contributed by atoms with van der Waals surface area (Å²) in [5.74, 6) is 0. The minimum atomic E-state index is -0.309. The topological polar surface area (TPSA) is 35.3 Å². The van der Waals surface area contributed by atoms with Crippen molar-refractivity contribution < 1.29 is 9.15 Å². The Morgan fingerprint density at radius 2 is 2.20 bits per heavy atom. The summed E-state index contributed by atoms with van der Waals surface area (Å²) in [6.45, 7) is 2.10. The molecule has 3 rings (SSSR count). The lowest BCUT2D eigenvalue weighted by Crippen LogP contribution is -2.05. The molecule has 0 spiro atoms. The third kappa shape index (κ3) is 2.42. The van der Waals surface area contributed by atoms with Gasteiger partial charge in [-0.15, -0.1) is 0 Å². The molecule has 0 aliphatic carbocycles. The monoisotopic (exact) mass is 287 g/mol. The average Bonchev–Trinajstić information content (AvgIpc) is 2.98. The van der Waals surface area contributed by atoms with Crippen LogP contribution in [0.2, 0.25) is 0 Å². The summed E-state index contributed by atoms with van der Waals surface area (Å²) in [6, 6.07) is 12.6. The zero-order valence-electron chi connectivity index (χ0n) is 11.0. The first-order valence-electron chi connectivity index (χ1n) is 6.34. The minimum Gasteiger partial charge on any atom is -0.451 e. The molecular weight excluding hydrogens is 274 g/mol. The molecule has 3 nitrogen and oxygen atoms in total. The van der Waals surface area contributed by atoms with Gasteiger partial charge in [-0.05, 0) is 34.9 Å². The molecule has 1 aromatic heterocycles. The zero-order chi connectivity index (χ0) is 13.9. The second kappa shape index (κ2) is 5.65. The van der Waals surface area contributed by atoms with Gasteiger partial charge in [-0.1, -0.05) is 41.9 Å². The highest BCUT2D eigenvalue weighted by Crippen LogP contribution is 2.29. The van der Waals surface area contributed by atoms with E-state index in [0.29, 0.717) is 0 Å². The highest BCUT2D eigenvalue weighted by Gasteiger charge is 2.17. The maximum atomic E-state index is 5.73. The van der Waals surface area contributed by atoms with Gasteiger partial charge in [0.05, 0.1) is 0 Å². The summed E-state index contributed by atoms with van der Waals surface area (Å²) >= 11 is 5.73. The van der Waals surface area contributed by atoms with Crippen LogP contribution in [-0.4, -0.2) is 11.1 Å². The van der Waals surface area contributed by atoms with E-state index in [4.69, 9.17) is 20.8 Å². The largest absolute Gasteiger partial charge is 0.451 e. The lowest BCUT2D eigenvalue weighted by atomic mass is 9.99. The number of oxazole rings is 1. The molecule has 0 saturated carbocycles. The minimum absolute atomic E-state index is 0.101. The standard InChI is InChI=1S/C16H14ClNO2/c1-11-3-2-4-12-7-13(5-6-14(11)12)16(20-9-17)15-8-19-10-18-15/h2-8,10,16H,9H2,1H3. The molecule has 0 N–H and O–H groups in total. The Labute approximate surface area is 122 Å². The van der Waals surface area contributed by atoms with E-state index in [2.05, 4.69) is 42.2 Å². The van der Waals surface area contributed by atoms with Crippen LogP contribution >= 0.6 is 11.6 Å². The van der Waals surface area contributed by atoms with Crippen LogP contribution in [0.4, 0.5) is 0 Å². The van der Waals surface area contributed by atoms with E-state index in [0.717, 1.165) is 11.3 Å². The summed E-state index contributed by atoms with van der Waals surface area (Å²) in [7, 11) is 0. The van der Waals surface area contributed by atoms with E-state index in [1.807, 2.05) is 6.07 Å². The van der Waals surface area contributed by atoms with Crippen molar-refractivity contribution in [2.75, 3.05) is 6.07 Å². The zero-order valence-corrected chi connectivity index (χ0v) is 11.8. The fourth-order valence-corrected chi connectivity index (χ4v) is 2.52. The van der Waals surface area contributed by atoms with Crippen molar-refractivity contribution in [3.05, 3.63) is 65.9 Å². The molecule has 0 radical (unpaired) electrons. The van der Waals surface area contributed by atoms with Crippen LogP contribution in [0.15, 0.2) is 53.5 Å². The summed E-state index contributed by atoms with van der Waals surface area (Å²) in [6.07, 6.45) is 2.67. The molecule has 1 heterocycles. The first-order chi connectivity index (χ1) is 9.79. The third-order valence-electron chi connectivity index (χ3n) is 3.37. The number of hydrogen-bond acceptors (Lipinski definition) is 3. The van der Waals surface area contributed by atoms with Gasteiger partial charge in [0, 0.05) is 0 Å². The van der Waals surface area contributed by atoms with Gasteiger partial charge < -0.3 is 9.15 Å². The lowest BCUT2D eigenvalue weighted by Gasteiger charge is -2.15. The van der Waals surface area contributed by atoms with Crippen LogP contribution in [0.5, 0.6) is 0 Å². The maximum absolute atomic E-state index is 5.73. The summed E-state index contributed by atoms with van der Waals surface area (Å²) in [5, 5.41) is 2.41. The molecule has 4 heteroatoms. The molecule has 20 heavy (non-hydrogen) atoms. The normalized spacial score (nSPS) is 12.7. The molecule has 0 saturated heterocycles. The van der Waals surface area contributed by atoms with Crippen molar-refractivity contribution in [2.24, 2.45) is 0 Å². The van der Waals surface area contributed by atoms with Crippen molar-refractivity contribution in [2.45, 2.75) is 13.0 Å². The Morgan fingerprint density at radius 3 is 2.95 bits per heavy atom. The van der Waals surface area contributed by atoms with Crippen molar-refractivity contribution in [3.63, 3.8) is 0 Å². The molecular formula is C16H14ClNO2. The molecule has 0 bridgehead atoms. The molecule has 2 aromatic carbocycles. The number of nitrogens with zero attached hydrogens (tertiary/aromatic N) is 1. The first kappa shape index (κ1) is 13.2. The molecule has 3 aromatic rings. The number of rotatable bonds is 4. The highest BCUT2D eigenvalue weighted by molar-refractivity contribution is 6.17. The van der Waals surface area contributed by atoms with E-state index in [1.165, 1.54) is 22.7 Å². The van der Waals surface area contributed by atoms with Crippen molar-refractivity contribution in [3.8, 4) is 0 Å². The van der Waals surface area contributed by atoms with Crippen molar-refractivity contribution >= 4 is 22.4 Å². The van der Waals surface area contributed by atoms with Crippen molar-refractivity contribution in [1.82, 2.24) is 4.98 Å². The molecule has 102 valence electrons. The Kier molecular flexibility index (Phi) is 3.72. The fourth-order valence-electron chi connectivity index (χ4n) is 2.39. The first-order valence-corrected chi connectivity index (χ1v) is 6.88. The Bertz CT molecular complexity index is 710. The predicted octanol–water partition coefficient (Wildman–Crippen LogP) is 4.44. The smallest absolute Gasteiger partial charge is 0.180 e. The Morgan fingerprint density at radius 1 is 1.30 bits per heavy atom. The molecule has 1 unspecified atom stereocenters. The number of ether oxygens (including phenoxy) is 1. The fraction of sp³-hybridized carbons (Fsp3) is 0.188. The van der Waals surface area contributed by atoms with Gasteiger partial charge >= 0.3 is 0 Å². The van der Waals surface area contributed by atoms with Crippen LogP contribution in [0.25, 0.3) is 10.8 Å². The summed E-state index contributed by atoms with van der Waals surface area (Å²) in [5.41, 5.74) is 2.99. The number of alkyl halides is 1. The molecule has 0 aliphatic rings. The predicted molar refractivity (Wildman–Crippen MR) is 78.8 cm³/mol. The Hall–Kier alpha value is -1.84. The van der Waals surface area contributed by atoms with E-state index in [-0.39, 0.29) is 12.2 Å². The van der Waals surface area contributed by atoms with Crippen LogP contribution in [0.3, 0.4) is 0 Å².